The molecule has 2 nitrogen and oxygen atoms in total. The van der Waals surface area contributed by atoms with Gasteiger partial charge >= 0.3 is 6.18 Å². The lowest BCUT2D eigenvalue weighted by Crippen LogP contribution is -2.21. The van der Waals surface area contributed by atoms with Crippen molar-refractivity contribution in [1.29, 1.82) is 0 Å². The Morgan fingerprint density at radius 2 is 1.47 bits per heavy atom. The molecular formula is C14H23F3N2. The van der Waals surface area contributed by atoms with Gasteiger partial charge in [-0.2, -0.15) is 13.2 Å². The molecule has 1 aromatic heterocycles. The van der Waals surface area contributed by atoms with Gasteiger partial charge < -0.3 is 4.57 Å². The summed E-state index contributed by atoms with van der Waals surface area (Å²) < 4.78 is 41.3. The van der Waals surface area contributed by atoms with E-state index in [1.165, 1.54) is 0 Å². The first-order valence-corrected chi connectivity index (χ1v) is 6.57. The van der Waals surface area contributed by atoms with Crippen LogP contribution in [0.25, 0.3) is 0 Å². The number of hydrogen-bond donors (Lipinski definition) is 0. The molecule has 1 rings (SSSR count). The third kappa shape index (κ3) is 3.12. The van der Waals surface area contributed by atoms with E-state index in [1.54, 1.807) is 18.4 Å². The van der Waals surface area contributed by atoms with Crippen molar-refractivity contribution in [1.82, 2.24) is 9.55 Å². The second kappa shape index (κ2) is 4.84. The predicted octanol–water partition coefficient (Wildman–Crippen LogP) is 4.90. The van der Waals surface area contributed by atoms with Crippen LogP contribution in [0.1, 0.15) is 77.6 Å². The molecule has 0 atom stereocenters. The molecular weight excluding hydrogens is 253 g/mol. The van der Waals surface area contributed by atoms with Crippen molar-refractivity contribution in [2.24, 2.45) is 0 Å². The van der Waals surface area contributed by atoms with Crippen LogP contribution in [-0.4, -0.2) is 9.55 Å². The van der Waals surface area contributed by atoms with Gasteiger partial charge in [-0.3, -0.25) is 0 Å². The van der Waals surface area contributed by atoms with Gasteiger partial charge in [0.15, 0.2) is 5.69 Å². The molecule has 0 amide bonds. The van der Waals surface area contributed by atoms with E-state index in [4.69, 9.17) is 0 Å². The van der Waals surface area contributed by atoms with Gasteiger partial charge in [0.05, 0.1) is 5.69 Å². The van der Waals surface area contributed by atoms with Crippen LogP contribution in [0.15, 0.2) is 0 Å². The zero-order chi connectivity index (χ0) is 15.2. The molecule has 0 aliphatic carbocycles. The van der Waals surface area contributed by atoms with Crippen molar-refractivity contribution < 1.29 is 13.2 Å². The van der Waals surface area contributed by atoms with Crippen molar-refractivity contribution in [3.05, 3.63) is 17.2 Å². The summed E-state index contributed by atoms with van der Waals surface area (Å²) >= 11 is 0. The van der Waals surface area contributed by atoms with Crippen LogP contribution in [0.4, 0.5) is 13.2 Å². The second-order valence-corrected chi connectivity index (χ2v) is 6.54. The summed E-state index contributed by atoms with van der Waals surface area (Å²) in [5, 5.41) is 0. The summed E-state index contributed by atoms with van der Waals surface area (Å²) in [6, 6.07) is -0.0461. The summed E-state index contributed by atoms with van der Waals surface area (Å²) in [5.74, 6) is 0.279. The van der Waals surface area contributed by atoms with E-state index >= 15 is 0 Å². The van der Waals surface area contributed by atoms with Crippen molar-refractivity contribution in [3.8, 4) is 0 Å². The molecule has 0 bridgehead atoms. The molecule has 0 spiro atoms. The van der Waals surface area contributed by atoms with Gasteiger partial charge in [0.1, 0.15) is 5.82 Å². The Balaban J connectivity index is 3.70. The SMILES string of the molecule is CC(C)c1c(C(F)(F)F)nc(C(C)(C)C)n1C(C)C. The van der Waals surface area contributed by atoms with Crippen LogP contribution in [0, 0.1) is 0 Å². The van der Waals surface area contributed by atoms with Crippen LogP contribution < -0.4 is 0 Å². The first-order valence-electron chi connectivity index (χ1n) is 6.57. The Morgan fingerprint density at radius 3 is 1.74 bits per heavy atom. The third-order valence-corrected chi connectivity index (χ3v) is 2.95. The summed E-state index contributed by atoms with van der Waals surface area (Å²) in [6.07, 6.45) is -4.40. The minimum atomic E-state index is -4.40. The van der Waals surface area contributed by atoms with E-state index in [0.29, 0.717) is 5.82 Å². The number of halogens is 3. The van der Waals surface area contributed by atoms with Crippen molar-refractivity contribution >= 4 is 0 Å². The molecule has 0 aliphatic heterocycles. The fourth-order valence-corrected chi connectivity index (χ4v) is 2.26. The molecule has 0 radical (unpaired) electrons. The fourth-order valence-electron chi connectivity index (χ4n) is 2.26. The van der Waals surface area contributed by atoms with E-state index < -0.39 is 17.3 Å². The molecule has 0 unspecified atom stereocenters. The van der Waals surface area contributed by atoms with E-state index in [-0.39, 0.29) is 17.7 Å². The lowest BCUT2D eigenvalue weighted by Gasteiger charge is -2.24. The number of rotatable bonds is 2. The molecule has 0 aromatic carbocycles. The van der Waals surface area contributed by atoms with Crippen molar-refractivity contribution in [3.63, 3.8) is 0 Å². The minimum absolute atomic E-state index is 0.0461. The molecule has 5 heteroatoms. The van der Waals surface area contributed by atoms with Crippen LogP contribution in [-0.2, 0) is 11.6 Å². The quantitative estimate of drug-likeness (QED) is 0.751. The van der Waals surface area contributed by atoms with E-state index in [9.17, 15) is 13.2 Å². The lowest BCUT2D eigenvalue weighted by atomic mass is 9.95. The summed E-state index contributed by atoms with van der Waals surface area (Å²) in [5.41, 5.74) is -0.870. The van der Waals surface area contributed by atoms with Crippen molar-refractivity contribution in [2.45, 2.75) is 72.0 Å². The smallest absolute Gasteiger partial charge is 0.328 e. The molecule has 1 heterocycles. The van der Waals surface area contributed by atoms with Gasteiger partial charge in [-0.25, -0.2) is 4.98 Å². The van der Waals surface area contributed by atoms with Gasteiger partial charge in [0.2, 0.25) is 0 Å². The monoisotopic (exact) mass is 276 g/mol. The molecule has 0 fully saturated rings. The Labute approximate surface area is 113 Å². The van der Waals surface area contributed by atoms with Gasteiger partial charge in [-0.05, 0) is 19.8 Å². The fraction of sp³-hybridized carbons (Fsp3) is 0.786. The Hall–Kier alpha value is -1.00. The van der Waals surface area contributed by atoms with E-state index in [0.717, 1.165) is 0 Å². The molecule has 1 aromatic rings. The highest BCUT2D eigenvalue weighted by Crippen LogP contribution is 2.39. The first-order chi connectivity index (χ1) is 8.37. The summed E-state index contributed by atoms with van der Waals surface area (Å²) in [6.45, 7) is 13.0. The van der Waals surface area contributed by atoms with Gasteiger partial charge in [-0.1, -0.05) is 34.6 Å². The standard InChI is InChI=1S/C14H23F3N2/c1-8(2)10-11(14(15,16)17)18-12(13(5,6)7)19(10)9(3)4/h8-9H,1-7H3. The molecule has 19 heavy (non-hydrogen) atoms. The highest BCUT2D eigenvalue weighted by atomic mass is 19.4. The predicted molar refractivity (Wildman–Crippen MR) is 70.4 cm³/mol. The maximum atomic E-state index is 13.2. The van der Waals surface area contributed by atoms with Crippen LogP contribution in [0.2, 0.25) is 0 Å². The highest BCUT2D eigenvalue weighted by Gasteiger charge is 2.41. The van der Waals surface area contributed by atoms with Crippen molar-refractivity contribution in [2.75, 3.05) is 0 Å². The van der Waals surface area contributed by atoms with Gasteiger partial charge in [-0.15, -0.1) is 0 Å². The third-order valence-electron chi connectivity index (χ3n) is 2.95. The molecule has 0 N–H and O–H groups in total. The van der Waals surface area contributed by atoms with Gasteiger partial charge in [0, 0.05) is 11.5 Å². The molecule has 0 aliphatic rings. The molecule has 0 saturated carbocycles. The van der Waals surface area contributed by atoms with Gasteiger partial charge in [0.25, 0.3) is 0 Å². The maximum absolute atomic E-state index is 13.2. The normalized spacial score (nSPS) is 13.7. The summed E-state index contributed by atoms with van der Waals surface area (Å²) in [7, 11) is 0. The number of aromatic nitrogens is 2. The average molecular weight is 276 g/mol. The minimum Gasteiger partial charge on any atom is -0.328 e. The zero-order valence-corrected chi connectivity index (χ0v) is 12.7. The molecule has 110 valence electrons. The number of alkyl halides is 3. The van der Waals surface area contributed by atoms with E-state index in [2.05, 4.69) is 4.98 Å². The highest BCUT2D eigenvalue weighted by molar-refractivity contribution is 5.27. The average Bonchev–Trinajstić information content (AvgIpc) is 2.54. The first kappa shape index (κ1) is 16.1. The zero-order valence-electron chi connectivity index (χ0n) is 12.7. The topological polar surface area (TPSA) is 17.8 Å². The Kier molecular flexibility index (Phi) is 4.09. The maximum Gasteiger partial charge on any atom is 0.435 e. The largest absolute Gasteiger partial charge is 0.435 e. The van der Waals surface area contributed by atoms with Crippen LogP contribution >= 0.6 is 0 Å². The summed E-state index contributed by atoms with van der Waals surface area (Å²) in [4.78, 5) is 3.93. The number of hydrogen-bond acceptors (Lipinski definition) is 1. The molecule has 0 saturated heterocycles. The second-order valence-electron chi connectivity index (χ2n) is 6.54. The van der Waals surface area contributed by atoms with Crippen LogP contribution in [0.3, 0.4) is 0 Å². The van der Waals surface area contributed by atoms with Crippen LogP contribution in [0.5, 0.6) is 0 Å². The lowest BCUT2D eigenvalue weighted by molar-refractivity contribution is -0.141. The Morgan fingerprint density at radius 1 is 1.00 bits per heavy atom. The van der Waals surface area contributed by atoms with E-state index in [1.807, 2.05) is 34.6 Å². The number of imidazole rings is 1. The Bertz CT molecular complexity index is 408. The number of nitrogens with zero attached hydrogens (tertiary/aromatic N) is 2.